The summed E-state index contributed by atoms with van der Waals surface area (Å²) in [6.07, 6.45) is 2.17. The number of allylic oxidation sites excluding steroid dienone is 2. The Morgan fingerprint density at radius 3 is 2.23 bits per heavy atom. The molecule has 0 aromatic carbocycles. The third-order valence-corrected chi connectivity index (χ3v) is 2.98. The van der Waals surface area contributed by atoms with Crippen LogP contribution in [0.25, 0.3) is 0 Å². The molecule has 5 heteroatoms. The van der Waals surface area contributed by atoms with Crippen molar-refractivity contribution in [3.8, 4) is 0 Å². The molecule has 0 spiro atoms. The lowest BCUT2D eigenvalue weighted by atomic mass is 10.6. The van der Waals surface area contributed by atoms with Gasteiger partial charge in [-0.2, -0.15) is 4.39 Å². The molecule has 0 fully saturated rings. The van der Waals surface area contributed by atoms with Gasteiger partial charge in [0.1, 0.15) is 0 Å². The zero-order valence-corrected chi connectivity index (χ0v) is 8.72. The van der Waals surface area contributed by atoms with Gasteiger partial charge in [-0.1, -0.05) is 12.7 Å². The maximum absolute atomic E-state index is 13.1. The normalized spacial score (nSPS) is 13.0. The Morgan fingerprint density at radius 1 is 1.46 bits per heavy atom. The van der Waals surface area contributed by atoms with Crippen LogP contribution >= 0.6 is 7.60 Å². The van der Waals surface area contributed by atoms with Crippen LogP contribution in [0.15, 0.2) is 24.3 Å². The Balaban J connectivity index is 4.66. The number of halogens is 1. The highest BCUT2D eigenvalue weighted by atomic mass is 31.2. The van der Waals surface area contributed by atoms with Crippen molar-refractivity contribution >= 4 is 7.60 Å². The van der Waals surface area contributed by atoms with E-state index < -0.39 is 13.2 Å². The fourth-order valence-corrected chi connectivity index (χ4v) is 1.98. The third-order valence-electron chi connectivity index (χ3n) is 1.12. The van der Waals surface area contributed by atoms with Crippen LogP contribution in [0.2, 0.25) is 0 Å². The summed E-state index contributed by atoms with van der Waals surface area (Å²) >= 11 is 0. The lowest BCUT2D eigenvalue weighted by Gasteiger charge is -2.14. The molecule has 0 aromatic heterocycles. The van der Waals surface area contributed by atoms with Crippen molar-refractivity contribution in [3.05, 3.63) is 24.3 Å². The first kappa shape index (κ1) is 12.6. The topological polar surface area (TPSA) is 35.5 Å². The minimum atomic E-state index is -3.70. The van der Waals surface area contributed by atoms with Crippen LogP contribution < -0.4 is 0 Å². The second-order valence-electron chi connectivity index (χ2n) is 2.06. The van der Waals surface area contributed by atoms with E-state index >= 15 is 0 Å². The van der Waals surface area contributed by atoms with E-state index in [0.717, 1.165) is 6.08 Å². The minimum absolute atomic E-state index is 0.135. The predicted molar refractivity (Wildman–Crippen MR) is 50.2 cm³/mol. The largest absolute Gasteiger partial charge is 0.389 e. The molecule has 13 heavy (non-hydrogen) atoms. The van der Waals surface area contributed by atoms with Gasteiger partial charge < -0.3 is 9.05 Å². The lowest BCUT2D eigenvalue weighted by molar-refractivity contribution is 0.220. The van der Waals surface area contributed by atoms with E-state index in [-0.39, 0.29) is 13.2 Å². The van der Waals surface area contributed by atoms with E-state index in [1.165, 1.54) is 6.08 Å². The average Bonchev–Trinajstić information content (AvgIpc) is 2.05. The van der Waals surface area contributed by atoms with Crippen LogP contribution in [0.3, 0.4) is 0 Å². The minimum Gasteiger partial charge on any atom is -0.304 e. The van der Waals surface area contributed by atoms with Gasteiger partial charge in [-0.3, -0.25) is 4.57 Å². The Kier molecular flexibility index (Phi) is 5.88. The van der Waals surface area contributed by atoms with Gasteiger partial charge in [0.25, 0.3) is 0 Å². The summed E-state index contributed by atoms with van der Waals surface area (Å²) in [6, 6.07) is 0. The third kappa shape index (κ3) is 3.85. The molecule has 0 bridgehead atoms. The standard InChI is InChI=1S/C8H14FO3P/c1-4-7-8(9)13(10,11-5-2)12-6-3/h4,7H,1,5-6H2,2-3H3/b8-7+. The van der Waals surface area contributed by atoms with Gasteiger partial charge in [0.2, 0.25) is 5.57 Å². The van der Waals surface area contributed by atoms with Crippen molar-refractivity contribution in [2.45, 2.75) is 13.8 Å². The van der Waals surface area contributed by atoms with Crippen molar-refractivity contribution in [1.29, 1.82) is 0 Å². The molecule has 0 aliphatic carbocycles. The Morgan fingerprint density at radius 2 is 1.92 bits per heavy atom. The van der Waals surface area contributed by atoms with E-state index in [1.807, 2.05) is 0 Å². The first-order chi connectivity index (χ1) is 6.10. The number of hydrogen-bond donors (Lipinski definition) is 0. The summed E-state index contributed by atoms with van der Waals surface area (Å²) < 4.78 is 34.1. The number of hydrogen-bond acceptors (Lipinski definition) is 3. The molecule has 0 unspecified atom stereocenters. The maximum atomic E-state index is 13.1. The highest BCUT2D eigenvalue weighted by Gasteiger charge is 2.29. The smallest absolute Gasteiger partial charge is 0.304 e. The van der Waals surface area contributed by atoms with Gasteiger partial charge in [-0.15, -0.1) is 0 Å². The summed E-state index contributed by atoms with van der Waals surface area (Å²) in [5, 5.41) is 0. The van der Waals surface area contributed by atoms with Crippen LogP contribution in [-0.2, 0) is 13.6 Å². The van der Waals surface area contributed by atoms with Crippen molar-refractivity contribution in [3.63, 3.8) is 0 Å². The zero-order valence-electron chi connectivity index (χ0n) is 7.83. The molecule has 76 valence electrons. The van der Waals surface area contributed by atoms with Crippen LogP contribution in [-0.4, -0.2) is 13.2 Å². The van der Waals surface area contributed by atoms with Crippen LogP contribution in [0.1, 0.15) is 13.8 Å². The fraction of sp³-hybridized carbons (Fsp3) is 0.500. The van der Waals surface area contributed by atoms with Crippen LogP contribution in [0, 0.1) is 0 Å². The van der Waals surface area contributed by atoms with Gasteiger partial charge in [-0.25, -0.2) is 0 Å². The van der Waals surface area contributed by atoms with Crippen molar-refractivity contribution in [2.24, 2.45) is 0 Å². The van der Waals surface area contributed by atoms with Gasteiger partial charge in [0.15, 0.2) is 0 Å². The first-order valence-corrected chi connectivity index (χ1v) is 5.52. The molecular weight excluding hydrogens is 194 g/mol. The molecule has 0 radical (unpaired) electrons. The molecule has 0 saturated heterocycles. The maximum Gasteiger partial charge on any atom is 0.389 e. The van der Waals surface area contributed by atoms with Crippen molar-refractivity contribution in [2.75, 3.05) is 13.2 Å². The summed E-state index contributed by atoms with van der Waals surface area (Å²) in [4.78, 5) is 0. The van der Waals surface area contributed by atoms with Gasteiger partial charge in [-0.05, 0) is 19.9 Å². The lowest BCUT2D eigenvalue weighted by Crippen LogP contribution is -1.95. The van der Waals surface area contributed by atoms with Crippen molar-refractivity contribution in [1.82, 2.24) is 0 Å². The van der Waals surface area contributed by atoms with Gasteiger partial charge in [0, 0.05) is 0 Å². The quantitative estimate of drug-likeness (QED) is 0.496. The molecule has 3 nitrogen and oxygen atoms in total. The zero-order chi connectivity index (χ0) is 10.3. The SMILES string of the molecule is C=C/C=C(\F)P(=O)(OCC)OCC. The number of rotatable bonds is 6. The summed E-state index contributed by atoms with van der Waals surface area (Å²) in [6.45, 7) is 6.79. The molecule has 0 N–H and O–H groups in total. The molecule has 0 amide bonds. The summed E-state index contributed by atoms with van der Waals surface area (Å²) in [5.74, 6) is 0. The Labute approximate surface area is 77.8 Å². The average molecular weight is 208 g/mol. The van der Waals surface area contributed by atoms with E-state index in [0.29, 0.717) is 0 Å². The fourth-order valence-electron chi connectivity index (χ4n) is 0.689. The highest BCUT2D eigenvalue weighted by Crippen LogP contribution is 2.56. The predicted octanol–water partition coefficient (Wildman–Crippen LogP) is 3.25. The molecule has 0 aliphatic heterocycles. The summed E-state index contributed by atoms with van der Waals surface area (Å²) in [7, 11) is -3.70. The van der Waals surface area contributed by atoms with Gasteiger partial charge in [0.05, 0.1) is 13.2 Å². The Bertz CT molecular complexity index is 228. The first-order valence-electron chi connectivity index (χ1n) is 3.98. The molecule has 0 saturated carbocycles. The second kappa shape index (κ2) is 6.08. The van der Waals surface area contributed by atoms with Crippen LogP contribution in [0.5, 0.6) is 0 Å². The highest BCUT2D eigenvalue weighted by molar-refractivity contribution is 7.58. The molecule has 0 aromatic rings. The second-order valence-corrected chi connectivity index (χ2v) is 4.00. The monoisotopic (exact) mass is 208 g/mol. The van der Waals surface area contributed by atoms with E-state index in [1.54, 1.807) is 13.8 Å². The Hall–Kier alpha value is -0.440. The van der Waals surface area contributed by atoms with Gasteiger partial charge >= 0.3 is 7.60 Å². The van der Waals surface area contributed by atoms with E-state index in [2.05, 4.69) is 6.58 Å². The molecule has 0 atom stereocenters. The molecule has 0 aliphatic rings. The van der Waals surface area contributed by atoms with Crippen molar-refractivity contribution < 1.29 is 18.0 Å². The van der Waals surface area contributed by atoms with E-state index in [4.69, 9.17) is 9.05 Å². The molecule has 0 heterocycles. The summed E-state index contributed by atoms with van der Waals surface area (Å²) in [5.41, 5.74) is -0.911. The molecular formula is C8H14FO3P. The van der Waals surface area contributed by atoms with E-state index in [9.17, 15) is 8.96 Å². The van der Waals surface area contributed by atoms with Crippen LogP contribution in [0.4, 0.5) is 4.39 Å². The molecule has 0 rings (SSSR count).